The number of ether oxygens (including phenoxy) is 1. The maximum absolute atomic E-state index is 6.14. The molecule has 0 N–H and O–H groups in total. The molecule has 2 unspecified atom stereocenters. The van der Waals surface area contributed by atoms with Gasteiger partial charge in [-0.3, -0.25) is 0 Å². The van der Waals surface area contributed by atoms with Crippen LogP contribution in [0.25, 0.3) is 0 Å². The number of pyridine rings is 1. The molecule has 5 nitrogen and oxygen atoms in total. The molecule has 24 heavy (non-hydrogen) atoms. The van der Waals surface area contributed by atoms with Crippen molar-refractivity contribution in [1.29, 1.82) is 0 Å². The zero-order chi connectivity index (χ0) is 17.1. The number of anilines is 1. The van der Waals surface area contributed by atoms with Crippen molar-refractivity contribution in [3.8, 4) is 0 Å². The van der Waals surface area contributed by atoms with E-state index in [4.69, 9.17) is 19.0 Å². The lowest BCUT2D eigenvalue weighted by Crippen LogP contribution is -2.55. The SMILES string of the molecule is Cc1cc(B2OC(C)(C)C(C)(C)O2)cnc1N1CC2CCC1CO2. The van der Waals surface area contributed by atoms with Crippen LogP contribution >= 0.6 is 0 Å². The molecule has 6 heteroatoms. The number of morpholine rings is 1. The molecule has 0 saturated carbocycles. The second-order valence-electron chi connectivity index (χ2n) is 8.34. The summed E-state index contributed by atoms with van der Waals surface area (Å²) in [6.07, 6.45) is 4.64. The molecule has 2 atom stereocenters. The van der Waals surface area contributed by atoms with Crippen LogP contribution in [0.15, 0.2) is 12.3 Å². The van der Waals surface area contributed by atoms with Crippen LogP contribution in [0.2, 0.25) is 0 Å². The molecule has 1 aromatic heterocycles. The maximum atomic E-state index is 6.14. The third-order valence-corrected chi connectivity index (χ3v) is 6.06. The normalized spacial score (nSPS) is 30.9. The van der Waals surface area contributed by atoms with Gasteiger partial charge < -0.3 is 18.9 Å². The summed E-state index contributed by atoms with van der Waals surface area (Å²) in [4.78, 5) is 7.19. The standard InChI is InChI=1S/C18H27BN2O3/c1-12-8-13(19-23-17(2,3)18(4,5)24-19)9-20-16(12)21-10-15-7-6-14(21)11-22-15/h8-9,14-15H,6-7,10-11H2,1-5H3. The summed E-state index contributed by atoms with van der Waals surface area (Å²) in [7, 11) is -0.351. The van der Waals surface area contributed by atoms with Crippen LogP contribution in [-0.2, 0) is 14.0 Å². The monoisotopic (exact) mass is 330 g/mol. The molecule has 4 aliphatic heterocycles. The molecule has 1 aromatic rings. The minimum absolute atomic E-state index is 0.326. The number of nitrogens with zero attached hydrogens (tertiary/aromatic N) is 2. The fourth-order valence-corrected chi connectivity index (χ4v) is 3.81. The van der Waals surface area contributed by atoms with Gasteiger partial charge in [0.1, 0.15) is 5.82 Å². The van der Waals surface area contributed by atoms with E-state index in [1.807, 2.05) is 6.20 Å². The van der Waals surface area contributed by atoms with Crippen LogP contribution in [0, 0.1) is 6.92 Å². The number of aromatic nitrogens is 1. The molecule has 0 radical (unpaired) electrons. The first-order chi connectivity index (χ1) is 11.3. The lowest BCUT2D eigenvalue weighted by molar-refractivity contribution is -0.0229. The molecule has 0 aromatic carbocycles. The third kappa shape index (κ3) is 2.55. The Hall–Kier alpha value is -1.11. The minimum Gasteiger partial charge on any atom is -0.399 e. The van der Waals surface area contributed by atoms with E-state index >= 15 is 0 Å². The summed E-state index contributed by atoms with van der Waals surface area (Å²) in [5.41, 5.74) is 1.52. The zero-order valence-corrected chi connectivity index (χ0v) is 15.3. The summed E-state index contributed by atoms with van der Waals surface area (Å²) in [6.45, 7) is 12.2. The van der Waals surface area contributed by atoms with Crippen LogP contribution in [-0.4, -0.2) is 48.6 Å². The summed E-state index contributed by atoms with van der Waals surface area (Å²) < 4.78 is 18.1. The van der Waals surface area contributed by atoms with E-state index in [0.717, 1.165) is 24.4 Å². The summed E-state index contributed by atoms with van der Waals surface area (Å²) >= 11 is 0. The average Bonchev–Trinajstić information content (AvgIpc) is 2.76. The van der Waals surface area contributed by atoms with Crippen molar-refractivity contribution in [1.82, 2.24) is 4.98 Å². The largest absolute Gasteiger partial charge is 0.496 e. The molecule has 4 fully saturated rings. The van der Waals surface area contributed by atoms with Gasteiger partial charge in [-0.2, -0.15) is 0 Å². The number of fused-ring (bicyclic) bond motifs is 3. The van der Waals surface area contributed by atoms with Crippen LogP contribution in [0.1, 0.15) is 46.1 Å². The van der Waals surface area contributed by atoms with E-state index in [1.54, 1.807) is 0 Å². The maximum Gasteiger partial charge on any atom is 0.496 e. The first-order valence-electron chi connectivity index (χ1n) is 8.97. The molecule has 4 saturated heterocycles. The third-order valence-electron chi connectivity index (χ3n) is 6.06. The van der Waals surface area contributed by atoms with Crippen molar-refractivity contribution in [2.45, 2.75) is 70.8 Å². The van der Waals surface area contributed by atoms with Gasteiger partial charge >= 0.3 is 7.12 Å². The molecule has 4 aliphatic rings. The Bertz CT molecular complexity index is 625. The predicted molar refractivity (Wildman–Crippen MR) is 94.8 cm³/mol. The Morgan fingerprint density at radius 2 is 1.88 bits per heavy atom. The van der Waals surface area contributed by atoms with Crippen molar-refractivity contribution in [3.05, 3.63) is 17.8 Å². The summed E-state index contributed by atoms with van der Waals surface area (Å²) in [6, 6.07) is 2.62. The highest BCUT2D eigenvalue weighted by atomic mass is 16.7. The van der Waals surface area contributed by atoms with E-state index in [0.29, 0.717) is 12.1 Å². The first kappa shape index (κ1) is 16.4. The topological polar surface area (TPSA) is 43.8 Å². The van der Waals surface area contributed by atoms with Gasteiger partial charge in [0.05, 0.1) is 30.0 Å². The quantitative estimate of drug-likeness (QED) is 0.777. The van der Waals surface area contributed by atoms with Crippen molar-refractivity contribution < 1.29 is 14.0 Å². The van der Waals surface area contributed by atoms with E-state index in [2.05, 4.69) is 45.6 Å². The summed E-state index contributed by atoms with van der Waals surface area (Å²) in [5, 5.41) is 0. The number of hydrogen-bond donors (Lipinski definition) is 0. The van der Waals surface area contributed by atoms with Crippen LogP contribution in [0.3, 0.4) is 0 Å². The smallest absolute Gasteiger partial charge is 0.399 e. The van der Waals surface area contributed by atoms with Crippen LogP contribution in [0.4, 0.5) is 5.82 Å². The molecule has 2 bridgehead atoms. The lowest BCUT2D eigenvalue weighted by Gasteiger charge is -2.46. The molecule has 0 aliphatic carbocycles. The average molecular weight is 330 g/mol. The van der Waals surface area contributed by atoms with Gasteiger partial charge in [-0.25, -0.2) is 4.98 Å². The summed E-state index contributed by atoms with van der Waals surface area (Å²) in [5.74, 6) is 1.08. The Morgan fingerprint density at radius 3 is 2.38 bits per heavy atom. The zero-order valence-electron chi connectivity index (χ0n) is 15.3. The highest BCUT2D eigenvalue weighted by molar-refractivity contribution is 6.62. The molecular weight excluding hydrogens is 303 g/mol. The van der Waals surface area contributed by atoms with Gasteiger partial charge in [-0.15, -0.1) is 0 Å². The van der Waals surface area contributed by atoms with E-state index in [9.17, 15) is 0 Å². The lowest BCUT2D eigenvalue weighted by atomic mass is 9.79. The van der Waals surface area contributed by atoms with E-state index in [1.165, 1.54) is 18.4 Å². The van der Waals surface area contributed by atoms with Gasteiger partial charge in [0, 0.05) is 18.2 Å². The Labute approximate surface area is 144 Å². The van der Waals surface area contributed by atoms with Crippen LogP contribution in [0.5, 0.6) is 0 Å². The highest BCUT2D eigenvalue weighted by Gasteiger charge is 2.52. The van der Waals surface area contributed by atoms with Crippen molar-refractivity contribution >= 4 is 18.4 Å². The van der Waals surface area contributed by atoms with Gasteiger partial charge in [0.15, 0.2) is 0 Å². The Morgan fingerprint density at radius 1 is 1.17 bits per heavy atom. The van der Waals surface area contributed by atoms with Crippen molar-refractivity contribution in [2.24, 2.45) is 0 Å². The minimum atomic E-state index is -0.351. The predicted octanol–water partition coefficient (Wildman–Crippen LogP) is 2.06. The van der Waals surface area contributed by atoms with Gasteiger partial charge in [-0.1, -0.05) is 6.07 Å². The fourth-order valence-electron chi connectivity index (χ4n) is 3.81. The van der Waals surface area contributed by atoms with Crippen LogP contribution < -0.4 is 10.4 Å². The second-order valence-corrected chi connectivity index (χ2v) is 8.34. The number of aryl methyl sites for hydroxylation is 1. The molecule has 130 valence electrons. The molecule has 5 heterocycles. The Kier molecular flexibility index (Phi) is 3.71. The van der Waals surface area contributed by atoms with Crippen molar-refractivity contribution in [3.63, 3.8) is 0 Å². The number of rotatable bonds is 2. The Balaban J connectivity index is 1.57. The van der Waals surface area contributed by atoms with E-state index in [-0.39, 0.29) is 18.3 Å². The molecular formula is C18H27BN2O3. The van der Waals surface area contributed by atoms with Gasteiger partial charge in [-0.05, 0) is 53.0 Å². The molecule has 0 amide bonds. The second kappa shape index (κ2) is 5.45. The number of piperidine rings is 1. The van der Waals surface area contributed by atoms with Gasteiger partial charge in [0.2, 0.25) is 0 Å². The molecule has 0 spiro atoms. The first-order valence-corrected chi connectivity index (χ1v) is 8.97. The highest BCUT2D eigenvalue weighted by Crippen LogP contribution is 2.37. The van der Waals surface area contributed by atoms with Gasteiger partial charge in [0.25, 0.3) is 0 Å². The molecule has 5 rings (SSSR count). The van der Waals surface area contributed by atoms with E-state index < -0.39 is 0 Å². The number of hydrogen-bond acceptors (Lipinski definition) is 5. The van der Waals surface area contributed by atoms with Crippen molar-refractivity contribution in [2.75, 3.05) is 18.1 Å². The fraction of sp³-hybridized carbons (Fsp3) is 0.722.